The number of fused-ring (bicyclic) bond motifs is 4. The van der Waals surface area contributed by atoms with E-state index < -0.39 is 20.8 Å². The van der Waals surface area contributed by atoms with E-state index in [-0.39, 0.29) is 0 Å². The zero-order valence-corrected chi connectivity index (χ0v) is 29.0. The third-order valence-electron chi connectivity index (χ3n) is 7.37. The summed E-state index contributed by atoms with van der Waals surface area (Å²) >= 11 is -0.826. The molecule has 5 aromatic carbocycles. The molecule has 40 heavy (non-hydrogen) atoms. The first-order valence-corrected chi connectivity index (χ1v) is 21.4. The molecule has 0 atom stereocenters. The van der Waals surface area contributed by atoms with E-state index in [4.69, 9.17) is 17.0 Å². The number of rotatable bonds is 5. The molecule has 0 unspecified atom stereocenters. The maximum absolute atomic E-state index is 4.93. The Balaban J connectivity index is 0.000000192. The number of halogens is 2. The third kappa shape index (κ3) is 7.14. The second kappa shape index (κ2) is 14.9. The topological polar surface area (TPSA) is 0 Å². The Morgan fingerprint density at radius 2 is 1.50 bits per heavy atom. The molecule has 202 valence electrons. The molecule has 0 N–H and O–H groups in total. The molecule has 4 heteroatoms. The Hall–Kier alpha value is -1.83. The Kier molecular flexibility index (Phi) is 11.6. The normalized spacial score (nSPS) is 11.3. The second-order valence-electron chi connectivity index (χ2n) is 10.7. The van der Waals surface area contributed by atoms with E-state index in [2.05, 4.69) is 126 Å². The first-order valence-electron chi connectivity index (χ1n) is 14.0. The van der Waals surface area contributed by atoms with E-state index in [9.17, 15) is 0 Å². The number of hydrogen-bond acceptors (Lipinski definition) is 0. The van der Waals surface area contributed by atoms with Gasteiger partial charge in [-0.25, -0.2) is 0 Å². The average molecular weight is 659 g/mol. The summed E-state index contributed by atoms with van der Waals surface area (Å²) in [5.41, 5.74) is 10.0. The standard InChI is InChI=1S/C24H29.C12H7Si.2ClH.Zr/c1-6-9-18-12-13-19-14-20(16(2)3)15-23(19)24(18)22-11-8-7-10-21(22)17(4)5;1-3-7-11-9(5-1)10-6-2-4-8-12(10)13-11;;;/h7-8,10-17H,6,9H2,1-5H3;1-7H;2*1H;/q2*-1;;;+4/p-2. The van der Waals surface area contributed by atoms with Gasteiger partial charge in [0.1, 0.15) is 0 Å². The van der Waals surface area contributed by atoms with Gasteiger partial charge in [0.15, 0.2) is 0 Å². The molecule has 0 fully saturated rings. The van der Waals surface area contributed by atoms with Gasteiger partial charge in [0.05, 0.1) is 9.52 Å². The average Bonchev–Trinajstić information content (AvgIpc) is 3.56. The van der Waals surface area contributed by atoms with Crippen molar-refractivity contribution in [2.24, 2.45) is 0 Å². The molecular weight excluding hydrogens is 623 g/mol. The Labute approximate surface area is 262 Å². The Morgan fingerprint density at radius 1 is 0.825 bits per heavy atom. The molecule has 5 aromatic rings. The molecular formula is C36H36Cl2SiZr. The fourth-order valence-electron chi connectivity index (χ4n) is 5.43. The molecule has 0 bridgehead atoms. The van der Waals surface area contributed by atoms with Crippen LogP contribution in [-0.4, -0.2) is 9.52 Å². The van der Waals surface area contributed by atoms with Crippen LogP contribution in [0.15, 0.2) is 91.0 Å². The van der Waals surface area contributed by atoms with Gasteiger partial charge in [0.25, 0.3) is 0 Å². The van der Waals surface area contributed by atoms with Crippen molar-refractivity contribution in [1.82, 2.24) is 0 Å². The molecule has 0 spiro atoms. The number of aryl methyl sites for hydroxylation is 1. The van der Waals surface area contributed by atoms with Crippen LogP contribution in [0.2, 0.25) is 0 Å². The van der Waals surface area contributed by atoms with E-state index in [0.29, 0.717) is 11.8 Å². The van der Waals surface area contributed by atoms with Crippen LogP contribution in [0.3, 0.4) is 0 Å². The predicted molar refractivity (Wildman–Crippen MR) is 175 cm³/mol. The van der Waals surface area contributed by atoms with Gasteiger partial charge in [-0.05, 0) is 29.4 Å². The molecule has 1 aliphatic heterocycles. The van der Waals surface area contributed by atoms with Gasteiger partial charge in [-0.3, -0.25) is 0 Å². The first kappa shape index (κ1) is 31.1. The van der Waals surface area contributed by atoms with Gasteiger partial charge in [-0.1, -0.05) is 111 Å². The van der Waals surface area contributed by atoms with Crippen molar-refractivity contribution in [2.75, 3.05) is 0 Å². The van der Waals surface area contributed by atoms with Crippen molar-refractivity contribution in [3.05, 3.63) is 114 Å². The van der Waals surface area contributed by atoms with Gasteiger partial charge in [-0.15, -0.1) is 40.1 Å². The summed E-state index contributed by atoms with van der Waals surface area (Å²) in [6.45, 7) is 11.4. The third-order valence-corrected chi connectivity index (χ3v) is 8.74. The largest absolute Gasteiger partial charge is 0.184 e. The summed E-state index contributed by atoms with van der Waals surface area (Å²) in [6.07, 6.45) is 2.32. The van der Waals surface area contributed by atoms with Crippen LogP contribution in [0.4, 0.5) is 0 Å². The van der Waals surface area contributed by atoms with Crippen LogP contribution in [0.1, 0.15) is 69.6 Å². The minimum Gasteiger partial charge on any atom is -0.184 e. The van der Waals surface area contributed by atoms with E-state index in [1.54, 1.807) is 0 Å². The molecule has 2 radical (unpaired) electrons. The van der Waals surface area contributed by atoms with Crippen LogP contribution in [0.25, 0.3) is 33.0 Å². The van der Waals surface area contributed by atoms with Crippen molar-refractivity contribution >= 4 is 47.7 Å². The van der Waals surface area contributed by atoms with Crippen LogP contribution >= 0.6 is 17.0 Å². The van der Waals surface area contributed by atoms with Gasteiger partial charge in [0, 0.05) is 0 Å². The van der Waals surface area contributed by atoms with Crippen molar-refractivity contribution < 1.29 is 20.8 Å². The SMILES string of the molecule is CCCc1ccc2[cH-]c(C(C)C)cc2c1-c1ccccc1C(C)C.[Cl][Zr+2][Cl].[c-]1cccc2c1[Si]c1ccccc1-2. The first-order chi connectivity index (χ1) is 19.4. The van der Waals surface area contributed by atoms with Crippen molar-refractivity contribution in [3.63, 3.8) is 0 Å². The van der Waals surface area contributed by atoms with Gasteiger partial charge in [-0.2, -0.15) is 35.5 Å². The zero-order chi connectivity index (χ0) is 28.6. The summed E-state index contributed by atoms with van der Waals surface area (Å²) in [5.74, 6) is 1.10. The number of hydrogen-bond donors (Lipinski definition) is 0. The smallest absolute Gasteiger partial charge is 0.0920 e. The van der Waals surface area contributed by atoms with Gasteiger partial charge >= 0.3 is 37.9 Å². The van der Waals surface area contributed by atoms with Gasteiger partial charge in [0.2, 0.25) is 0 Å². The van der Waals surface area contributed by atoms with E-state index in [0.717, 1.165) is 15.9 Å². The zero-order valence-electron chi connectivity index (χ0n) is 24.0. The number of benzene rings is 4. The summed E-state index contributed by atoms with van der Waals surface area (Å²) in [7, 11) is 10.7. The maximum Gasteiger partial charge on any atom is 0.0920 e. The molecule has 0 nitrogen and oxygen atoms in total. The van der Waals surface area contributed by atoms with E-state index in [1.165, 1.54) is 66.5 Å². The molecule has 0 saturated heterocycles. The summed E-state index contributed by atoms with van der Waals surface area (Å²) in [4.78, 5) is 0. The fraction of sp³-hybridized carbons (Fsp3) is 0.250. The fourth-order valence-corrected chi connectivity index (χ4v) is 6.74. The molecule has 1 aliphatic rings. The van der Waals surface area contributed by atoms with Crippen LogP contribution in [0.5, 0.6) is 0 Å². The second-order valence-corrected chi connectivity index (χ2v) is 15.8. The quantitative estimate of drug-likeness (QED) is 0.128. The van der Waals surface area contributed by atoms with Crippen molar-refractivity contribution in [3.8, 4) is 22.3 Å². The summed E-state index contributed by atoms with van der Waals surface area (Å²) in [6, 6.07) is 36.6. The van der Waals surface area contributed by atoms with E-state index in [1.807, 2.05) is 6.07 Å². The minimum absolute atomic E-state index is 0.533. The Bertz CT molecular complexity index is 1510. The van der Waals surface area contributed by atoms with Crippen LogP contribution < -0.4 is 10.4 Å². The van der Waals surface area contributed by atoms with E-state index >= 15 is 0 Å². The summed E-state index contributed by atoms with van der Waals surface area (Å²) < 4.78 is 0. The minimum atomic E-state index is -0.826. The Morgan fingerprint density at radius 3 is 2.20 bits per heavy atom. The molecule has 6 rings (SSSR count). The maximum atomic E-state index is 4.93. The molecule has 0 aliphatic carbocycles. The van der Waals surface area contributed by atoms with Crippen LogP contribution in [-0.2, 0) is 27.3 Å². The van der Waals surface area contributed by atoms with Crippen molar-refractivity contribution in [2.45, 2.75) is 59.3 Å². The molecule has 0 aromatic heterocycles. The van der Waals surface area contributed by atoms with Crippen LogP contribution in [0, 0.1) is 6.07 Å². The van der Waals surface area contributed by atoms with Crippen molar-refractivity contribution in [1.29, 1.82) is 0 Å². The monoisotopic (exact) mass is 656 g/mol. The summed E-state index contributed by atoms with van der Waals surface area (Å²) in [5, 5.41) is 5.63. The molecule has 1 heterocycles. The predicted octanol–water partition coefficient (Wildman–Crippen LogP) is 9.92. The molecule has 0 amide bonds. The van der Waals surface area contributed by atoms with Gasteiger partial charge < -0.3 is 0 Å². The molecule has 0 saturated carbocycles.